The summed E-state index contributed by atoms with van der Waals surface area (Å²) in [6, 6.07) is 0.278. The first kappa shape index (κ1) is 8.21. The Bertz CT molecular complexity index is 99.1. The van der Waals surface area contributed by atoms with Crippen molar-refractivity contribution in [3.63, 3.8) is 0 Å². The minimum Gasteiger partial charge on any atom is -0.339 e. The van der Waals surface area contributed by atoms with E-state index < -0.39 is 0 Å². The Hall–Kier alpha value is -0.790. The summed E-state index contributed by atoms with van der Waals surface area (Å²) in [6.45, 7) is 8.11. The van der Waals surface area contributed by atoms with Crippen LogP contribution in [0.2, 0.25) is 0 Å². The largest absolute Gasteiger partial charge is 0.339 e. The van der Waals surface area contributed by atoms with Gasteiger partial charge in [0.2, 0.25) is 6.41 Å². The van der Waals surface area contributed by atoms with Crippen molar-refractivity contribution in [1.29, 1.82) is 0 Å². The Morgan fingerprint density at radius 3 is 2.33 bits per heavy atom. The minimum atomic E-state index is 0.278. The second-order valence-electron chi connectivity index (χ2n) is 2.18. The Morgan fingerprint density at radius 1 is 1.67 bits per heavy atom. The van der Waals surface area contributed by atoms with E-state index in [2.05, 4.69) is 6.58 Å². The highest BCUT2D eigenvalue weighted by Gasteiger charge is 2.01. The summed E-state index contributed by atoms with van der Waals surface area (Å²) in [4.78, 5) is 11.9. The molecule has 0 aromatic carbocycles. The van der Waals surface area contributed by atoms with Gasteiger partial charge in [-0.15, -0.1) is 6.58 Å². The maximum Gasteiger partial charge on any atom is 0.210 e. The van der Waals surface area contributed by atoms with Gasteiger partial charge in [-0.25, -0.2) is 0 Å². The van der Waals surface area contributed by atoms with Gasteiger partial charge in [-0.3, -0.25) is 4.79 Å². The maximum absolute atomic E-state index is 10.2. The summed E-state index contributed by atoms with van der Waals surface area (Å²) >= 11 is 0. The molecule has 0 aliphatic rings. The van der Waals surface area contributed by atoms with Crippen molar-refractivity contribution in [1.82, 2.24) is 4.90 Å². The molecule has 0 aliphatic heterocycles. The van der Waals surface area contributed by atoms with Crippen LogP contribution in [0.1, 0.15) is 13.8 Å². The zero-order valence-electron chi connectivity index (χ0n) is 6.00. The Kier molecular flexibility index (Phi) is 3.76. The van der Waals surface area contributed by atoms with E-state index in [1.54, 1.807) is 11.0 Å². The molecule has 9 heavy (non-hydrogen) atoms. The predicted molar refractivity (Wildman–Crippen MR) is 38.1 cm³/mol. The standard InChI is InChI=1S/C7H13NO/c1-4-5-8(6-9)7(2)3/h4,6-7H,1,5H2,2-3H3. The summed E-state index contributed by atoms with van der Waals surface area (Å²) in [7, 11) is 0. The molecule has 0 aliphatic carbocycles. The van der Waals surface area contributed by atoms with Crippen LogP contribution in [0, 0.1) is 0 Å². The molecule has 0 bridgehead atoms. The van der Waals surface area contributed by atoms with E-state index in [1.807, 2.05) is 13.8 Å². The summed E-state index contributed by atoms with van der Waals surface area (Å²) in [6.07, 6.45) is 2.56. The molecule has 52 valence electrons. The van der Waals surface area contributed by atoms with E-state index in [-0.39, 0.29) is 6.04 Å². The quantitative estimate of drug-likeness (QED) is 0.408. The van der Waals surface area contributed by atoms with Crippen LogP contribution < -0.4 is 0 Å². The van der Waals surface area contributed by atoms with Crippen LogP contribution in [0.4, 0.5) is 0 Å². The molecule has 0 N–H and O–H groups in total. The van der Waals surface area contributed by atoms with Crippen LogP contribution in [0.5, 0.6) is 0 Å². The van der Waals surface area contributed by atoms with Crippen LogP contribution in [0.15, 0.2) is 12.7 Å². The van der Waals surface area contributed by atoms with Crippen molar-refractivity contribution < 1.29 is 4.79 Å². The number of rotatable bonds is 4. The molecule has 2 nitrogen and oxygen atoms in total. The van der Waals surface area contributed by atoms with Gasteiger partial charge in [0.05, 0.1) is 0 Å². The highest BCUT2D eigenvalue weighted by molar-refractivity contribution is 5.47. The molecule has 0 rings (SSSR count). The van der Waals surface area contributed by atoms with Crippen LogP contribution in [-0.2, 0) is 4.79 Å². The first-order valence-corrected chi connectivity index (χ1v) is 3.04. The molecule has 1 amide bonds. The normalized spacial score (nSPS) is 9.22. The van der Waals surface area contributed by atoms with E-state index in [1.165, 1.54) is 0 Å². The maximum atomic E-state index is 10.2. The molecule has 0 heterocycles. The zero-order chi connectivity index (χ0) is 7.28. The fourth-order valence-corrected chi connectivity index (χ4v) is 0.525. The second kappa shape index (κ2) is 4.13. The van der Waals surface area contributed by atoms with Gasteiger partial charge in [-0.2, -0.15) is 0 Å². The van der Waals surface area contributed by atoms with Gasteiger partial charge in [0.1, 0.15) is 0 Å². The highest BCUT2D eigenvalue weighted by Crippen LogP contribution is 1.91. The fraction of sp³-hybridized carbons (Fsp3) is 0.571. The number of nitrogens with zero attached hydrogens (tertiary/aromatic N) is 1. The topological polar surface area (TPSA) is 20.3 Å². The Balaban J connectivity index is 3.66. The van der Waals surface area contributed by atoms with E-state index in [9.17, 15) is 4.79 Å². The van der Waals surface area contributed by atoms with Gasteiger partial charge in [0.15, 0.2) is 0 Å². The molecule has 0 fully saturated rings. The van der Waals surface area contributed by atoms with Crippen molar-refractivity contribution in [2.24, 2.45) is 0 Å². The fourth-order valence-electron chi connectivity index (χ4n) is 0.525. The smallest absolute Gasteiger partial charge is 0.210 e. The highest BCUT2D eigenvalue weighted by atomic mass is 16.1. The molecule has 0 saturated heterocycles. The molecular formula is C7H13NO. The summed E-state index contributed by atoms with van der Waals surface area (Å²) in [5.74, 6) is 0. The van der Waals surface area contributed by atoms with Gasteiger partial charge in [-0.05, 0) is 13.8 Å². The van der Waals surface area contributed by atoms with Crippen LogP contribution >= 0.6 is 0 Å². The third-order valence-electron chi connectivity index (χ3n) is 1.14. The summed E-state index contributed by atoms with van der Waals surface area (Å²) in [5.41, 5.74) is 0. The molecule has 2 heteroatoms. The predicted octanol–water partition coefficient (Wildman–Crippen LogP) is 1.04. The third kappa shape index (κ3) is 2.90. The molecule has 0 atom stereocenters. The van der Waals surface area contributed by atoms with Gasteiger partial charge in [-0.1, -0.05) is 6.08 Å². The number of hydrogen-bond acceptors (Lipinski definition) is 1. The lowest BCUT2D eigenvalue weighted by molar-refractivity contribution is -0.119. The van der Waals surface area contributed by atoms with Crippen molar-refractivity contribution in [2.45, 2.75) is 19.9 Å². The van der Waals surface area contributed by atoms with Crippen molar-refractivity contribution in [3.8, 4) is 0 Å². The monoisotopic (exact) mass is 127 g/mol. The first-order chi connectivity index (χ1) is 4.22. The third-order valence-corrected chi connectivity index (χ3v) is 1.14. The molecular weight excluding hydrogens is 114 g/mol. The van der Waals surface area contributed by atoms with E-state index >= 15 is 0 Å². The van der Waals surface area contributed by atoms with Crippen LogP contribution in [-0.4, -0.2) is 23.9 Å². The van der Waals surface area contributed by atoms with Gasteiger partial charge < -0.3 is 4.90 Å². The number of carbonyl (C=O) groups is 1. The van der Waals surface area contributed by atoms with E-state index in [0.717, 1.165) is 6.41 Å². The first-order valence-electron chi connectivity index (χ1n) is 3.04. The zero-order valence-corrected chi connectivity index (χ0v) is 6.00. The SMILES string of the molecule is C=CCN(C=O)C(C)C. The lowest BCUT2D eigenvalue weighted by atomic mass is 10.3. The van der Waals surface area contributed by atoms with Crippen LogP contribution in [0.25, 0.3) is 0 Å². The molecule has 0 saturated carbocycles. The molecule has 0 radical (unpaired) electrons. The average molecular weight is 127 g/mol. The van der Waals surface area contributed by atoms with Gasteiger partial charge in [0, 0.05) is 12.6 Å². The van der Waals surface area contributed by atoms with E-state index in [0.29, 0.717) is 6.54 Å². The van der Waals surface area contributed by atoms with Gasteiger partial charge >= 0.3 is 0 Å². The average Bonchev–Trinajstić information content (AvgIpc) is 1.82. The molecule has 0 unspecified atom stereocenters. The van der Waals surface area contributed by atoms with Gasteiger partial charge in [0.25, 0.3) is 0 Å². The number of carbonyl (C=O) groups excluding carboxylic acids is 1. The lowest BCUT2D eigenvalue weighted by Crippen LogP contribution is -2.29. The second-order valence-corrected chi connectivity index (χ2v) is 2.18. The Labute approximate surface area is 56.2 Å². The lowest BCUT2D eigenvalue weighted by Gasteiger charge is -2.18. The van der Waals surface area contributed by atoms with Crippen molar-refractivity contribution in [2.75, 3.05) is 6.54 Å². The Morgan fingerprint density at radius 2 is 2.22 bits per heavy atom. The van der Waals surface area contributed by atoms with Crippen molar-refractivity contribution in [3.05, 3.63) is 12.7 Å². The number of amides is 1. The molecule has 0 aromatic rings. The summed E-state index contributed by atoms with van der Waals surface area (Å²) in [5, 5.41) is 0. The molecule has 0 spiro atoms. The minimum absolute atomic E-state index is 0.278. The molecule has 0 aromatic heterocycles. The number of hydrogen-bond donors (Lipinski definition) is 0. The van der Waals surface area contributed by atoms with E-state index in [4.69, 9.17) is 0 Å². The van der Waals surface area contributed by atoms with Crippen LogP contribution in [0.3, 0.4) is 0 Å². The van der Waals surface area contributed by atoms with Crippen molar-refractivity contribution >= 4 is 6.41 Å². The summed E-state index contributed by atoms with van der Waals surface area (Å²) < 4.78 is 0.